The predicted octanol–water partition coefficient (Wildman–Crippen LogP) is 3.04. The van der Waals surface area contributed by atoms with Gasteiger partial charge in [0.15, 0.2) is 10.5 Å². The number of amides is 1. The van der Waals surface area contributed by atoms with Gasteiger partial charge in [0.1, 0.15) is 16.8 Å². The molecular formula is C26H28N2O8S2. The molecule has 1 heterocycles. The molecule has 1 aromatic heterocycles. The Labute approximate surface area is 224 Å². The van der Waals surface area contributed by atoms with Crippen LogP contribution in [0.3, 0.4) is 0 Å². The number of methoxy groups -OCH3 is 2. The summed E-state index contributed by atoms with van der Waals surface area (Å²) in [6, 6.07) is 12.0. The van der Waals surface area contributed by atoms with E-state index >= 15 is 0 Å². The van der Waals surface area contributed by atoms with Crippen LogP contribution >= 0.6 is 11.3 Å². The molecule has 0 bridgehead atoms. The largest absolute Gasteiger partial charge is 0.496 e. The highest BCUT2D eigenvalue weighted by atomic mass is 32.2. The van der Waals surface area contributed by atoms with Crippen LogP contribution < -0.4 is 10.1 Å². The second-order valence-corrected chi connectivity index (χ2v) is 11.3. The maximum atomic E-state index is 13.7. The molecule has 3 aromatic rings. The monoisotopic (exact) mass is 560 g/mol. The third-order valence-corrected chi connectivity index (χ3v) is 8.79. The third kappa shape index (κ3) is 5.93. The van der Waals surface area contributed by atoms with Crippen molar-refractivity contribution in [1.82, 2.24) is 10.3 Å². The van der Waals surface area contributed by atoms with Crippen LogP contribution in [-0.2, 0) is 35.7 Å². The molecule has 3 rings (SSSR count). The number of hydrogen-bond donors (Lipinski definition) is 2. The standard InChI is InChI=1S/C26H28N2O8S2/c1-16(29)26(2,38(32,33)34)22(19-7-5-6-8-21(19)35-3)23(30)28-20(25(31)36-4)15-17-9-11-18(12-10-17)24-27-13-14-37-24/h5-14,20,22H,15H2,1-4H3,(H,28,30)(H,32,33,34)/t20-,22?,26?/m0/s1. The summed E-state index contributed by atoms with van der Waals surface area (Å²) in [7, 11) is -2.64. The summed E-state index contributed by atoms with van der Waals surface area (Å²) in [5.41, 5.74) is 1.60. The van der Waals surface area contributed by atoms with Gasteiger partial charge in [-0.25, -0.2) is 9.78 Å². The second-order valence-electron chi connectivity index (χ2n) is 8.64. The Bertz CT molecular complexity index is 1410. The lowest BCUT2D eigenvalue weighted by Gasteiger charge is -2.33. The average Bonchev–Trinajstić information content (AvgIpc) is 3.43. The van der Waals surface area contributed by atoms with Crippen molar-refractivity contribution in [2.75, 3.05) is 14.2 Å². The van der Waals surface area contributed by atoms with Gasteiger partial charge in [0, 0.05) is 29.1 Å². The number of para-hydroxylation sites is 1. The Hall–Kier alpha value is -3.61. The van der Waals surface area contributed by atoms with Crippen LogP contribution in [0.2, 0.25) is 0 Å². The fraction of sp³-hybridized carbons (Fsp3) is 0.308. The number of carbonyl (C=O) groups excluding carboxylic acids is 3. The SMILES string of the molecule is COC(=O)[C@H](Cc1ccc(-c2nccs2)cc1)NC(=O)C(c1ccccc1OC)C(C)(C(C)=O)S(=O)(=O)O. The molecule has 0 spiro atoms. The Morgan fingerprint density at radius 2 is 1.76 bits per heavy atom. The minimum atomic E-state index is -5.11. The van der Waals surface area contributed by atoms with Gasteiger partial charge in [-0.3, -0.25) is 14.1 Å². The summed E-state index contributed by atoms with van der Waals surface area (Å²) in [6.07, 6.45) is 1.70. The van der Waals surface area contributed by atoms with Crippen molar-refractivity contribution >= 4 is 39.1 Å². The summed E-state index contributed by atoms with van der Waals surface area (Å²) in [6.45, 7) is 1.93. The van der Waals surface area contributed by atoms with E-state index in [4.69, 9.17) is 9.47 Å². The smallest absolute Gasteiger partial charge is 0.328 e. The van der Waals surface area contributed by atoms with E-state index in [-0.39, 0.29) is 17.7 Å². The quantitative estimate of drug-likeness (QED) is 0.267. The van der Waals surface area contributed by atoms with Crippen LogP contribution in [0.5, 0.6) is 5.75 Å². The van der Waals surface area contributed by atoms with E-state index in [9.17, 15) is 27.4 Å². The van der Waals surface area contributed by atoms with Gasteiger partial charge in [-0.2, -0.15) is 8.42 Å². The Balaban J connectivity index is 2.01. The molecule has 12 heteroatoms. The normalized spacial score (nSPS) is 14.6. The Morgan fingerprint density at radius 3 is 2.29 bits per heavy atom. The van der Waals surface area contributed by atoms with E-state index in [1.807, 2.05) is 17.5 Å². The Kier molecular flexibility index (Phi) is 9.02. The molecule has 1 amide bonds. The van der Waals surface area contributed by atoms with Crippen LogP contribution in [0.15, 0.2) is 60.1 Å². The topological polar surface area (TPSA) is 149 Å². The second kappa shape index (κ2) is 11.8. The number of nitrogens with one attached hydrogen (secondary N) is 1. The predicted molar refractivity (Wildman–Crippen MR) is 142 cm³/mol. The number of benzene rings is 2. The molecule has 0 saturated carbocycles. The number of rotatable bonds is 11. The van der Waals surface area contributed by atoms with Gasteiger partial charge in [0.05, 0.1) is 20.1 Å². The Morgan fingerprint density at radius 1 is 1.11 bits per heavy atom. The zero-order valence-electron chi connectivity index (χ0n) is 21.2. The number of carbonyl (C=O) groups is 3. The highest BCUT2D eigenvalue weighted by molar-refractivity contribution is 7.88. The first-order valence-corrected chi connectivity index (χ1v) is 13.7. The number of ether oxygens (including phenoxy) is 2. The molecule has 2 unspecified atom stereocenters. The first-order chi connectivity index (χ1) is 17.9. The lowest BCUT2D eigenvalue weighted by atomic mass is 9.82. The van der Waals surface area contributed by atoms with E-state index in [0.29, 0.717) is 5.56 Å². The fourth-order valence-electron chi connectivity index (χ4n) is 4.10. The van der Waals surface area contributed by atoms with E-state index in [1.54, 1.807) is 24.4 Å². The lowest BCUT2D eigenvalue weighted by molar-refractivity contribution is -0.145. The molecule has 0 saturated heterocycles. The number of nitrogens with zero attached hydrogens (tertiary/aromatic N) is 1. The molecule has 0 radical (unpaired) electrons. The van der Waals surface area contributed by atoms with Gasteiger partial charge >= 0.3 is 5.97 Å². The van der Waals surface area contributed by atoms with Gasteiger partial charge in [0.2, 0.25) is 5.91 Å². The van der Waals surface area contributed by atoms with Crippen LogP contribution in [-0.4, -0.2) is 60.6 Å². The van der Waals surface area contributed by atoms with Crippen LogP contribution in [0.25, 0.3) is 10.6 Å². The van der Waals surface area contributed by atoms with Gasteiger partial charge in [-0.05, 0) is 25.5 Å². The molecule has 0 aliphatic rings. The molecule has 2 N–H and O–H groups in total. The summed E-state index contributed by atoms with van der Waals surface area (Å²) >= 11 is 1.47. The number of esters is 1. The highest BCUT2D eigenvalue weighted by Crippen LogP contribution is 2.40. The van der Waals surface area contributed by atoms with Crippen molar-refractivity contribution in [3.05, 3.63) is 71.2 Å². The molecule has 2 aromatic carbocycles. The third-order valence-electron chi connectivity index (χ3n) is 6.37. The van der Waals surface area contributed by atoms with Crippen LogP contribution in [0, 0.1) is 0 Å². The first kappa shape index (κ1) is 29.0. The number of thiazole rings is 1. The molecule has 0 aliphatic carbocycles. The summed E-state index contributed by atoms with van der Waals surface area (Å²) in [5.74, 6) is -4.38. The number of aromatic nitrogens is 1. The van der Waals surface area contributed by atoms with Crippen molar-refractivity contribution in [1.29, 1.82) is 0 Å². The van der Waals surface area contributed by atoms with E-state index in [0.717, 1.165) is 31.5 Å². The summed E-state index contributed by atoms with van der Waals surface area (Å²) in [5, 5.41) is 5.21. The molecule has 3 atom stereocenters. The molecule has 0 fully saturated rings. The maximum absolute atomic E-state index is 13.7. The molecule has 0 aliphatic heterocycles. The van der Waals surface area contributed by atoms with E-state index in [1.165, 1.54) is 36.6 Å². The zero-order chi connectivity index (χ0) is 28.1. The zero-order valence-corrected chi connectivity index (χ0v) is 22.8. The maximum Gasteiger partial charge on any atom is 0.328 e. The fourth-order valence-corrected chi connectivity index (χ4v) is 5.64. The minimum Gasteiger partial charge on any atom is -0.496 e. The van der Waals surface area contributed by atoms with Crippen molar-refractivity contribution in [3.63, 3.8) is 0 Å². The van der Waals surface area contributed by atoms with Crippen molar-refractivity contribution in [3.8, 4) is 16.3 Å². The molecule has 202 valence electrons. The summed E-state index contributed by atoms with van der Waals surface area (Å²) in [4.78, 5) is 43.3. The highest BCUT2D eigenvalue weighted by Gasteiger charge is 2.55. The van der Waals surface area contributed by atoms with E-state index < -0.39 is 44.5 Å². The first-order valence-electron chi connectivity index (χ1n) is 11.4. The van der Waals surface area contributed by atoms with Crippen molar-refractivity contribution in [2.45, 2.75) is 37.0 Å². The van der Waals surface area contributed by atoms with Crippen molar-refractivity contribution in [2.24, 2.45) is 0 Å². The number of hydrogen-bond acceptors (Lipinski definition) is 9. The van der Waals surface area contributed by atoms with Crippen LogP contribution in [0.4, 0.5) is 0 Å². The van der Waals surface area contributed by atoms with Gasteiger partial charge in [-0.15, -0.1) is 11.3 Å². The minimum absolute atomic E-state index is 0.0118. The average molecular weight is 561 g/mol. The van der Waals surface area contributed by atoms with Gasteiger partial charge in [-0.1, -0.05) is 42.5 Å². The molecule has 38 heavy (non-hydrogen) atoms. The number of Topliss-reactive ketones (excluding diaryl/α,β-unsaturated/α-hetero) is 1. The molecular weight excluding hydrogens is 532 g/mol. The lowest BCUT2D eigenvalue weighted by Crippen LogP contribution is -2.55. The number of ketones is 1. The van der Waals surface area contributed by atoms with Gasteiger partial charge < -0.3 is 14.8 Å². The van der Waals surface area contributed by atoms with Gasteiger partial charge in [0.25, 0.3) is 10.1 Å². The van der Waals surface area contributed by atoms with Crippen LogP contribution in [0.1, 0.15) is 30.9 Å². The van der Waals surface area contributed by atoms with E-state index in [2.05, 4.69) is 10.3 Å². The summed E-state index contributed by atoms with van der Waals surface area (Å²) < 4.78 is 42.8. The molecule has 10 nitrogen and oxygen atoms in total. The van der Waals surface area contributed by atoms with Crippen molar-refractivity contribution < 1.29 is 36.8 Å².